The summed E-state index contributed by atoms with van der Waals surface area (Å²) < 4.78 is 1.50. The molecule has 0 aliphatic carbocycles. The first-order valence-corrected chi connectivity index (χ1v) is 5.15. The summed E-state index contributed by atoms with van der Waals surface area (Å²) in [4.78, 5) is 15.2. The van der Waals surface area contributed by atoms with Gasteiger partial charge in [-0.25, -0.2) is 9.67 Å². The lowest BCUT2D eigenvalue weighted by atomic mass is 10.1. The lowest BCUT2D eigenvalue weighted by Crippen LogP contribution is -2.12. The van der Waals surface area contributed by atoms with Gasteiger partial charge in [0.05, 0.1) is 11.8 Å². The molecule has 1 amide bonds. The molecule has 6 heteroatoms. The number of aromatic nitrogens is 3. The summed E-state index contributed by atoms with van der Waals surface area (Å²) in [7, 11) is 0. The molecule has 0 radical (unpaired) electrons. The molecular weight excluding hydrogens is 218 g/mol. The number of carbonyl (C=O) groups excluding carboxylic acids is 1. The Morgan fingerprint density at radius 2 is 2.29 bits per heavy atom. The highest BCUT2D eigenvalue weighted by atomic mass is 16.1. The molecular formula is C11H13N5O. The topological polar surface area (TPSA) is 99.8 Å². The normalized spacial score (nSPS) is 12.4. The van der Waals surface area contributed by atoms with E-state index in [1.807, 2.05) is 13.0 Å². The fourth-order valence-electron chi connectivity index (χ4n) is 1.52. The van der Waals surface area contributed by atoms with Gasteiger partial charge in [0.2, 0.25) is 0 Å². The molecule has 0 aromatic carbocycles. The van der Waals surface area contributed by atoms with Gasteiger partial charge in [-0.1, -0.05) is 6.07 Å². The molecule has 0 saturated carbocycles. The fraction of sp³-hybridized carbons (Fsp3) is 0.182. The maximum Gasteiger partial charge on any atom is 0.251 e. The molecule has 0 bridgehead atoms. The van der Waals surface area contributed by atoms with Crippen molar-refractivity contribution in [2.24, 2.45) is 11.5 Å². The van der Waals surface area contributed by atoms with Gasteiger partial charge >= 0.3 is 0 Å². The van der Waals surface area contributed by atoms with Crippen LogP contribution in [0.3, 0.4) is 0 Å². The Morgan fingerprint density at radius 1 is 1.53 bits per heavy atom. The number of hydrogen-bond donors (Lipinski definition) is 2. The molecule has 1 unspecified atom stereocenters. The van der Waals surface area contributed by atoms with Crippen LogP contribution in [0.4, 0.5) is 0 Å². The number of primary amides is 1. The van der Waals surface area contributed by atoms with Crippen LogP contribution in [0.1, 0.15) is 28.9 Å². The Bertz CT molecular complexity index is 546. The summed E-state index contributed by atoms with van der Waals surface area (Å²) in [6.45, 7) is 1.86. The van der Waals surface area contributed by atoms with Crippen LogP contribution < -0.4 is 11.5 Å². The third kappa shape index (κ3) is 2.16. The number of amides is 1. The lowest BCUT2D eigenvalue weighted by Gasteiger charge is -2.10. The third-order valence-electron chi connectivity index (χ3n) is 2.39. The van der Waals surface area contributed by atoms with Gasteiger partial charge in [-0.2, -0.15) is 5.10 Å². The highest BCUT2D eigenvalue weighted by molar-refractivity contribution is 5.92. The second kappa shape index (κ2) is 4.34. The van der Waals surface area contributed by atoms with Gasteiger partial charge in [-0.15, -0.1) is 0 Å². The number of hydrogen-bond acceptors (Lipinski definition) is 4. The molecule has 17 heavy (non-hydrogen) atoms. The first kappa shape index (κ1) is 11.3. The molecule has 2 rings (SSSR count). The van der Waals surface area contributed by atoms with Crippen LogP contribution in [0, 0.1) is 0 Å². The Balaban J connectivity index is 2.48. The zero-order valence-corrected chi connectivity index (χ0v) is 9.37. The summed E-state index contributed by atoms with van der Waals surface area (Å²) in [5, 5.41) is 4.05. The van der Waals surface area contributed by atoms with E-state index in [1.54, 1.807) is 12.3 Å². The molecule has 2 aromatic rings. The molecule has 4 N–H and O–H groups in total. The fourth-order valence-corrected chi connectivity index (χ4v) is 1.52. The molecule has 1 atom stereocenters. The zero-order valence-electron chi connectivity index (χ0n) is 9.37. The molecule has 6 nitrogen and oxygen atoms in total. The molecule has 88 valence electrons. The predicted molar refractivity (Wildman–Crippen MR) is 62.5 cm³/mol. The van der Waals surface area contributed by atoms with E-state index in [0.717, 1.165) is 5.56 Å². The summed E-state index contributed by atoms with van der Waals surface area (Å²) >= 11 is 0. The number of carbonyl (C=O) groups is 1. The SMILES string of the molecule is CC(N)c1cccnc1-n1cc(C(N)=O)cn1. The van der Waals surface area contributed by atoms with Crippen molar-refractivity contribution in [3.63, 3.8) is 0 Å². The lowest BCUT2D eigenvalue weighted by molar-refractivity contribution is 0.100. The highest BCUT2D eigenvalue weighted by Gasteiger charge is 2.12. The van der Waals surface area contributed by atoms with Crippen molar-refractivity contribution >= 4 is 5.91 Å². The van der Waals surface area contributed by atoms with E-state index in [0.29, 0.717) is 11.4 Å². The van der Waals surface area contributed by atoms with Crippen molar-refractivity contribution in [3.8, 4) is 5.82 Å². The Morgan fingerprint density at radius 3 is 2.88 bits per heavy atom. The van der Waals surface area contributed by atoms with Crippen LogP contribution in [0.25, 0.3) is 5.82 Å². The first-order valence-electron chi connectivity index (χ1n) is 5.15. The predicted octanol–water partition coefficient (Wildman–Crippen LogP) is 0.386. The molecule has 0 fully saturated rings. The molecule has 2 heterocycles. The van der Waals surface area contributed by atoms with E-state index in [4.69, 9.17) is 11.5 Å². The van der Waals surface area contributed by atoms with Crippen LogP contribution in [0.5, 0.6) is 0 Å². The van der Waals surface area contributed by atoms with Gasteiger partial charge in [-0.3, -0.25) is 4.79 Å². The van der Waals surface area contributed by atoms with E-state index in [2.05, 4.69) is 10.1 Å². The van der Waals surface area contributed by atoms with Crippen molar-refractivity contribution in [2.75, 3.05) is 0 Å². The van der Waals surface area contributed by atoms with Gasteiger partial charge in [0, 0.05) is 24.0 Å². The third-order valence-corrected chi connectivity index (χ3v) is 2.39. The minimum atomic E-state index is -0.519. The maximum absolute atomic E-state index is 11.0. The van der Waals surface area contributed by atoms with E-state index in [9.17, 15) is 4.79 Å². The molecule has 0 aliphatic rings. The van der Waals surface area contributed by atoms with Crippen molar-refractivity contribution < 1.29 is 4.79 Å². The van der Waals surface area contributed by atoms with Crippen molar-refractivity contribution in [2.45, 2.75) is 13.0 Å². The van der Waals surface area contributed by atoms with E-state index in [1.165, 1.54) is 17.1 Å². The van der Waals surface area contributed by atoms with Crippen LogP contribution in [-0.4, -0.2) is 20.7 Å². The van der Waals surface area contributed by atoms with Crippen molar-refractivity contribution in [1.29, 1.82) is 0 Å². The first-order chi connectivity index (χ1) is 8.09. The molecule has 0 spiro atoms. The second-order valence-electron chi connectivity index (χ2n) is 3.74. The van der Waals surface area contributed by atoms with E-state index >= 15 is 0 Å². The largest absolute Gasteiger partial charge is 0.366 e. The summed E-state index contributed by atoms with van der Waals surface area (Å²) in [6, 6.07) is 3.51. The van der Waals surface area contributed by atoms with E-state index < -0.39 is 5.91 Å². The molecule has 2 aromatic heterocycles. The Labute approximate surface area is 98.3 Å². The van der Waals surface area contributed by atoms with Crippen LogP contribution in [-0.2, 0) is 0 Å². The van der Waals surface area contributed by atoms with Gasteiger partial charge in [0.25, 0.3) is 5.91 Å². The van der Waals surface area contributed by atoms with Gasteiger partial charge in [0.1, 0.15) is 0 Å². The van der Waals surface area contributed by atoms with Gasteiger partial charge in [0.15, 0.2) is 5.82 Å². The van der Waals surface area contributed by atoms with Crippen molar-refractivity contribution in [1.82, 2.24) is 14.8 Å². The standard InChI is InChI=1S/C11H13N5O/c1-7(12)9-3-2-4-14-11(9)16-6-8(5-15-16)10(13)17/h2-7H,12H2,1H3,(H2,13,17). The van der Waals surface area contributed by atoms with E-state index in [-0.39, 0.29) is 6.04 Å². The highest BCUT2D eigenvalue weighted by Crippen LogP contribution is 2.17. The summed E-state index contributed by atoms with van der Waals surface area (Å²) in [5.41, 5.74) is 12.2. The van der Waals surface area contributed by atoms with Crippen LogP contribution in [0.15, 0.2) is 30.7 Å². The van der Waals surface area contributed by atoms with Crippen molar-refractivity contribution in [3.05, 3.63) is 41.9 Å². The Hall–Kier alpha value is -2.21. The molecule has 0 saturated heterocycles. The second-order valence-corrected chi connectivity index (χ2v) is 3.74. The smallest absolute Gasteiger partial charge is 0.251 e. The number of pyridine rings is 1. The number of nitrogens with zero attached hydrogens (tertiary/aromatic N) is 3. The van der Waals surface area contributed by atoms with Gasteiger partial charge in [-0.05, 0) is 13.0 Å². The minimum Gasteiger partial charge on any atom is -0.366 e. The monoisotopic (exact) mass is 231 g/mol. The number of nitrogens with two attached hydrogens (primary N) is 2. The average Bonchev–Trinajstić information content (AvgIpc) is 2.78. The quantitative estimate of drug-likeness (QED) is 0.797. The molecule has 0 aliphatic heterocycles. The maximum atomic E-state index is 11.0. The zero-order chi connectivity index (χ0) is 12.4. The Kier molecular flexibility index (Phi) is 2.88. The van der Waals surface area contributed by atoms with Gasteiger partial charge < -0.3 is 11.5 Å². The van der Waals surface area contributed by atoms with Crippen LogP contribution >= 0.6 is 0 Å². The average molecular weight is 231 g/mol. The van der Waals surface area contributed by atoms with Crippen LogP contribution in [0.2, 0.25) is 0 Å². The summed E-state index contributed by atoms with van der Waals surface area (Å²) in [5.74, 6) is 0.0875. The summed E-state index contributed by atoms with van der Waals surface area (Å²) in [6.07, 6.45) is 4.59. The number of rotatable bonds is 3. The minimum absolute atomic E-state index is 0.167.